The highest BCUT2D eigenvalue weighted by Gasteiger charge is 2.37. The third-order valence-electron chi connectivity index (χ3n) is 5.38. The van der Waals surface area contributed by atoms with Crippen molar-refractivity contribution in [1.29, 1.82) is 0 Å². The zero-order valence-electron chi connectivity index (χ0n) is 19.2. The number of barbiturate groups is 1. The van der Waals surface area contributed by atoms with E-state index in [1.165, 1.54) is 6.08 Å². The van der Waals surface area contributed by atoms with Gasteiger partial charge < -0.3 is 9.47 Å². The summed E-state index contributed by atoms with van der Waals surface area (Å²) in [6.45, 7) is 4.37. The van der Waals surface area contributed by atoms with Crippen molar-refractivity contribution in [2.24, 2.45) is 0 Å². The Morgan fingerprint density at radius 2 is 1.69 bits per heavy atom. The van der Waals surface area contributed by atoms with Crippen LogP contribution in [0, 0.1) is 6.92 Å². The van der Waals surface area contributed by atoms with Crippen molar-refractivity contribution >= 4 is 45.5 Å². The highest BCUT2D eigenvalue weighted by molar-refractivity contribution is 9.10. The molecule has 0 spiro atoms. The number of nitrogens with one attached hydrogen (secondary N) is 1. The standard InChI is InChI=1S/C27H23BrN2O5/c1-3-34-24-15-18(12-13-23(24)35-16-19-9-5-6-10-21(19)28)14-20-25(31)29-27(33)30(26(20)32)22-11-7-4-8-17(22)2/h4-15H,3,16H2,1-2H3,(H,29,31,33)/b20-14+. The van der Waals surface area contributed by atoms with E-state index in [-0.39, 0.29) is 5.57 Å². The summed E-state index contributed by atoms with van der Waals surface area (Å²) in [4.78, 5) is 39.2. The van der Waals surface area contributed by atoms with Gasteiger partial charge >= 0.3 is 6.03 Å². The SMILES string of the molecule is CCOc1cc(/C=C2\C(=O)NC(=O)N(c3ccccc3C)C2=O)ccc1OCc1ccccc1Br. The number of para-hydroxylation sites is 1. The number of benzene rings is 3. The maximum Gasteiger partial charge on any atom is 0.335 e. The van der Waals surface area contributed by atoms with Crippen LogP contribution in [-0.2, 0) is 16.2 Å². The molecule has 4 rings (SSSR count). The Morgan fingerprint density at radius 3 is 2.43 bits per heavy atom. The van der Waals surface area contributed by atoms with E-state index in [1.54, 1.807) is 43.3 Å². The zero-order chi connectivity index (χ0) is 24.9. The fourth-order valence-corrected chi connectivity index (χ4v) is 4.03. The summed E-state index contributed by atoms with van der Waals surface area (Å²) < 4.78 is 12.7. The van der Waals surface area contributed by atoms with Crippen molar-refractivity contribution in [2.75, 3.05) is 11.5 Å². The molecule has 0 unspecified atom stereocenters. The van der Waals surface area contributed by atoms with Gasteiger partial charge in [0.15, 0.2) is 11.5 Å². The Bertz CT molecular complexity index is 1330. The lowest BCUT2D eigenvalue weighted by molar-refractivity contribution is -0.122. The van der Waals surface area contributed by atoms with E-state index in [0.29, 0.717) is 36.0 Å². The molecule has 0 radical (unpaired) electrons. The van der Waals surface area contributed by atoms with Gasteiger partial charge in [-0.3, -0.25) is 14.9 Å². The maximum atomic E-state index is 13.2. The molecule has 1 fully saturated rings. The lowest BCUT2D eigenvalue weighted by Crippen LogP contribution is -2.54. The van der Waals surface area contributed by atoms with E-state index in [2.05, 4.69) is 21.2 Å². The summed E-state index contributed by atoms with van der Waals surface area (Å²) >= 11 is 3.51. The molecule has 0 aliphatic carbocycles. The van der Waals surface area contributed by atoms with Gasteiger partial charge in [-0.2, -0.15) is 0 Å². The van der Waals surface area contributed by atoms with Gasteiger partial charge in [-0.1, -0.05) is 58.4 Å². The molecule has 4 amide bonds. The summed E-state index contributed by atoms with van der Waals surface area (Å²) in [7, 11) is 0. The molecule has 8 heteroatoms. The quantitative estimate of drug-likeness (QED) is 0.324. The van der Waals surface area contributed by atoms with Crippen molar-refractivity contribution < 1.29 is 23.9 Å². The first-order valence-corrected chi connectivity index (χ1v) is 11.8. The second kappa shape index (κ2) is 10.6. The predicted molar refractivity (Wildman–Crippen MR) is 136 cm³/mol. The van der Waals surface area contributed by atoms with Crippen LogP contribution in [0.15, 0.2) is 76.8 Å². The van der Waals surface area contributed by atoms with Gasteiger partial charge in [-0.05, 0) is 55.3 Å². The third-order valence-corrected chi connectivity index (χ3v) is 6.15. The normalized spacial score (nSPS) is 14.8. The van der Waals surface area contributed by atoms with Crippen molar-refractivity contribution in [1.82, 2.24) is 5.32 Å². The van der Waals surface area contributed by atoms with Crippen molar-refractivity contribution in [3.8, 4) is 11.5 Å². The number of amides is 4. The number of urea groups is 1. The van der Waals surface area contributed by atoms with Crippen LogP contribution in [0.25, 0.3) is 6.08 Å². The molecule has 0 saturated carbocycles. The molecule has 1 saturated heterocycles. The van der Waals surface area contributed by atoms with Crippen LogP contribution >= 0.6 is 15.9 Å². The number of nitrogens with zero attached hydrogens (tertiary/aromatic N) is 1. The predicted octanol–water partition coefficient (Wildman–Crippen LogP) is 5.40. The van der Waals surface area contributed by atoms with E-state index < -0.39 is 17.8 Å². The van der Waals surface area contributed by atoms with E-state index in [9.17, 15) is 14.4 Å². The monoisotopic (exact) mass is 534 g/mol. The third kappa shape index (κ3) is 5.27. The highest BCUT2D eigenvalue weighted by Crippen LogP contribution is 2.32. The molecule has 0 atom stereocenters. The number of hydrogen-bond acceptors (Lipinski definition) is 5. The topological polar surface area (TPSA) is 84.9 Å². The summed E-state index contributed by atoms with van der Waals surface area (Å²) in [5.41, 5.74) is 2.53. The van der Waals surface area contributed by atoms with Crippen LogP contribution in [0.2, 0.25) is 0 Å². The number of halogens is 1. The Morgan fingerprint density at radius 1 is 0.943 bits per heavy atom. The van der Waals surface area contributed by atoms with Crippen molar-refractivity contribution in [2.45, 2.75) is 20.5 Å². The van der Waals surface area contributed by atoms with Gasteiger partial charge in [0.2, 0.25) is 0 Å². The molecule has 35 heavy (non-hydrogen) atoms. The molecule has 3 aromatic carbocycles. The van der Waals surface area contributed by atoms with Crippen molar-refractivity contribution in [3.05, 3.63) is 93.5 Å². The molecule has 1 aliphatic heterocycles. The van der Waals surface area contributed by atoms with Gasteiger partial charge in [0.25, 0.3) is 11.8 Å². The van der Waals surface area contributed by atoms with Crippen LogP contribution in [0.5, 0.6) is 11.5 Å². The second-order valence-corrected chi connectivity index (χ2v) is 8.62. The average Bonchev–Trinajstić information content (AvgIpc) is 2.83. The minimum Gasteiger partial charge on any atom is -0.490 e. The number of ether oxygens (including phenoxy) is 2. The van der Waals surface area contributed by atoms with E-state index in [1.807, 2.05) is 37.3 Å². The first-order valence-electron chi connectivity index (χ1n) is 11.0. The van der Waals surface area contributed by atoms with Crippen LogP contribution < -0.4 is 19.7 Å². The number of hydrogen-bond donors (Lipinski definition) is 1. The summed E-state index contributed by atoms with van der Waals surface area (Å²) in [6, 6.07) is 19.1. The van der Waals surface area contributed by atoms with E-state index >= 15 is 0 Å². The number of anilines is 1. The highest BCUT2D eigenvalue weighted by atomic mass is 79.9. The van der Waals surface area contributed by atoms with Gasteiger partial charge in [0.05, 0.1) is 12.3 Å². The number of rotatable bonds is 7. The van der Waals surface area contributed by atoms with E-state index in [0.717, 1.165) is 20.5 Å². The zero-order valence-corrected chi connectivity index (χ0v) is 20.8. The fraction of sp³-hybridized carbons (Fsp3) is 0.148. The summed E-state index contributed by atoms with van der Waals surface area (Å²) in [5.74, 6) is -0.442. The van der Waals surface area contributed by atoms with Crippen LogP contribution in [0.1, 0.15) is 23.6 Å². The largest absolute Gasteiger partial charge is 0.490 e. The number of carbonyl (C=O) groups is 3. The molecule has 0 aromatic heterocycles. The van der Waals surface area contributed by atoms with Crippen LogP contribution in [-0.4, -0.2) is 24.5 Å². The Labute approximate surface area is 211 Å². The minimum absolute atomic E-state index is 0.155. The van der Waals surface area contributed by atoms with Crippen LogP contribution in [0.3, 0.4) is 0 Å². The first-order chi connectivity index (χ1) is 16.9. The lowest BCUT2D eigenvalue weighted by atomic mass is 10.1. The lowest BCUT2D eigenvalue weighted by Gasteiger charge is -2.27. The van der Waals surface area contributed by atoms with E-state index in [4.69, 9.17) is 9.47 Å². The van der Waals surface area contributed by atoms with Crippen LogP contribution in [0.4, 0.5) is 10.5 Å². The summed E-state index contributed by atoms with van der Waals surface area (Å²) in [5, 5.41) is 2.25. The smallest absolute Gasteiger partial charge is 0.335 e. The first kappa shape index (κ1) is 24.2. The Balaban J connectivity index is 1.63. The van der Waals surface area contributed by atoms with Gasteiger partial charge in [-0.15, -0.1) is 0 Å². The van der Waals surface area contributed by atoms with Gasteiger partial charge in [0, 0.05) is 10.0 Å². The molecule has 1 aliphatic rings. The maximum absolute atomic E-state index is 13.2. The number of carbonyl (C=O) groups excluding carboxylic acids is 3. The molecule has 7 nitrogen and oxygen atoms in total. The van der Waals surface area contributed by atoms with Crippen molar-refractivity contribution in [3.63, 3.8) is 0 Å². The van der Waals surface area contributed by atoms with Gasteiger partial charge in [-0.25, -0.2) is 9.69 Å². The minimum atomic E-state index is -0.780. The molecule has 178 valence electrons. The molecular formula is C27H23BrN2O5. The fourth-order valence-electron chi connectivity index (χ4n) is 3.63. The Kier molecular flexibility index (Phi) is 7.31. The Hall–Kier alpha value is -3.91. The van der Waals surface area contributed by atoms with Gasteiger partial charge in [0.1, 0.15) is 12.2 Å². The molecule has 1 heterocycles. The summed E-state index contributed by atoms with van der Waals surface area (Å²) in [6.07, 6.45) is 1.44. The molecule has 3 aromatic rings. The molecule has 0 bridgehead atoms. The number of aryl methyl sites for hydroxylation is 1. The average molecular weight is 535 g/mol. The number of imide groups is 2. The molecule has 1 N–H and O–H groups in total. The molecular weight excluding hydrogens is 512 g/mol. The second-order valence-electron chi connectivity index (χ2n) is 7.76.